The highest BCUT2D eigenvalue weighted by Crippen LogP contribution is 2.18. The van der Waals surface area contributed by atoms with Crippen LogP contribution in [0, 0.1) is 5.92 Å². The molecule has 0 atom stereocenters. The van der Waals surface area contributed by atoms with Crippen molar-refractivity contribution in [3.8, 4) is 0 Å². The summed E-state index contributed by atoms with van der Waals surface area (Å²) in [6.07, 6.45) is 5.43. The van der Waals surface area contributed by atoms with Crippen LogP contribution in [0.15, 0.2) is 28.9 Å². The molecule has 0 aromatic carbocycles. The number of nitrogens with one attached hydrogen (secondary N) is 1. The lowest BCUT2D eigenvalue weighted by Gasteiger charge is -1.97. The summed E-state index contributed by atoms with van der Waals surface area (Å²) < 4.78 is 5.09. The number of carbonyl (C=O) groups is 1. The first-order valence-electron chi connectivity index (χ1n) is 5.98. The van der Waals surface area contributed by atoms with Gasteiger partial charge < -0.3 is 4.42 Å². The molecule has 0 radical (unpaired) electrons. The molecule has 0 saturated heterocycles. The van der Waals surface area contributed by atoms with Gasteiger partial charge in [-0.05, 0) is 24.1 Å². The quantitative estimate of drug-likeness (QED) is 0.853. The van der Waals surface area contributed by atoms with Crippen LogP contribution in [0.4, 0.5) is 5.13 Å². The third-order valence-corrected chi connectivity index (χ3v) is 3.08. The van der Waals surface area contributed by atoms with Crippen molar-refractivity contribution in [2.45, 2.75) is 20.3 Å². The highest BCUT2D eigenvalue weighted by molar-refractivity contribution is 7.15. The van der Waals surface area contributed by atoms with E-state index in [1.54, 1.807) is 24.5 Å². The Morgan fingerprint density at radius 1 is 1.53 bits per heavy atom. The first kappa shape index (κ1) is 13.5. The third kappa shape index (κ3) is 4.33. The number of nitrogens with zero attached hydrogens (tertiary/aromatic N) is 2. The molecule has 100 valence electrons. The molecule has 2 heterocycles. The normalized spacial score (nSPS) is 11.3. The molecule has 1 N–H and O–H groups in total. The van der Waals surface area contributed by atoms with E-state index in [1.807, 2.05) is 0 Å². The van der Waals surface area contributed by atoms with Gasteiger partial charge in [0.2, 0.25) is 11.0 Å². The molecule has 0 spiro atoms. The average Bonchev–Trinajstić information content (AvgIpc) is 2.97. The lowest BCUT2D eigenvalue weighted by molar-refractivity contribution is -0.111. The van der Waals surface area contributed by atoms with Crippen LogP contribution in [0.3, 0.4) is 0 Å². The monoisotopic (exact) mass is 277 g/mol. The minimum Gasteiger partial charge on any atom is -0.465 e. The first-order valence-corrected chi connectivity index (χ1v) is 6.80. The molecule has 2 aromatic rings. The largest absolute Gasteiger partial charge is 0.465 e. The number of anilines is 1. The van der Waals surface area contributed by atoms with Gasteiger partial charge in [-0.1, -0.05) is 25.2 Å². The minimum absolute atomic E-state index is 0.247. The highest BCUT2D eigenvalue weighted by atomic mass is 32.1. The lowest BCUT2D eigenvalue weighted by Crippen LogP contribution is -2.07. The van der Waals surface area contributed by atoms with Crippen LogP contribution in [-0.2, 0) is 11.2 Å². The second-order valence-electron chi connectivity index (χ2n) is 4.44. The molecule has 0 aliphatic heterocycles. The van der Waals surface area contributed by atoms with Crippen molar-refractivity contribution in [2.75, 3.05) is 5.32 Å². The van der Waals surface area contributed by atoms with E-state index in [9.17, 15) is 4.79 Å². The predicted molar refractivity (Wildman–Crippen MR) is 74.8 cm³/mol. The molecule has 2 aromatic heterocycles. The maximum atomic E-state index is 11.6. The van der Waals surface area contributed by atoms with Crippen molar-refractivity contribution in [3.05, 3.63) is 35.2 Å². The van der Waals surface area contributed by atoms with Gasteiger partial charge in [-0.2, -0.15) is 0 Å². The molecule has 0 unspecified atom stereocenters. The van der Waals surface area contributed by atoms with E-state index in [0.29, 0.717) is 16.8 Å². The van der Waals surface area contributed by atoms with Crippen molar-refractivity contribution in [3.63, 3.8) is 0 Å². The van der Waals surface area contributed by atoms with E-state index in [1.165, 1.54) is 17.4 Å². The molecule has 0 aliphatic carbocycles. The molecule has 0 saturated carbocycles. The van der Waals surface area contributed by atoms with E-state index >= 15 is 0 Å². The molecular weight excluding hydrogens is 262 g/mol. The van der Waals surface area contributed by atoms with Crippen LogP contribution >= 0.6 is 11.3 Å². The molecule has 6 heteroatoms. The Morgan fingerprint density at radius 3 is 3.05 bits per heavy atom. The Labute approximate surface area is 115 Å². The van der Waals surface area contributed by atoms with E-state index in [-0.39, 0.29) is 5.91 Å². The van der Waals surface area contributed by atoms with Crippen molar-refractivity contribution >= 4 is 28.5 Å². The Kier molecular flexibility index (Phi) is 4.46. The van der Waals surface area contributed by atoms with Crippen molar-refractivity contribution in [2.24, 2.45) is 5.92 Å². The standard InChI is InChI=1S/C13H15N3O2S/c1-9(2)8-12-15-16-13(19-12)14-11(17)6-5-10-4-3-7-18-10/h3-7,9H,8H2,1-2H3,(H,14,16,17)/b6-5+. The molecule has 0 bridgehead atoms. The molecule has 0 fully saturated rings. The predicted octanol–water partition coefficient (Wildman–Crippen LogP) is 2.98. The Morgan fingerprint density at radius 2 is 2.37 bits per heavy atom. The number of amides is 1. The summed E-state index contributed by atoms with van der Waals surface area (Å²) in [7, 11) is 0. The van der Waals surface area contributed by atoms with E-state index < -0.39 is 0 Å². The summed E-state index contributed by atoms with van der Waals surface area (Å²) in [6, 6.07) is 3.54. The third-order valence-electron chi connectivity index (χ3n) is 2.22. The van der Waals surface area contributed by atoms with E-state index in [2.05, 4.69) is 29.4 Å². The van der Waals surface area contributed by atoms with Crippen LogP contribution in [0.25, 0.3) is 6.08 Å². The summed E-state index contributed by atoms with van der Waals surface area (Å²) in [4.78, 5) is 11.6. The van der Waals surface area contributed by atoms with Gasteiger partial charge in [-0.15, -0.1) is 10.2 Å². The molecular formula is C13H15N3O2S. The van der Waals surface area contributed by atoms with Gasteiger partial charge in [0.1, 0.15) is 10.8 Å². The van der Waals surface area contributed by atoms with Crippen LogP contribution in [0.1, 0.15) is 24.6 Å². The summed E-state index contributed by atoms with van der Waals surface area (Å²) in [6.45, 7) is 4.23. The van der Waals surface area contributed by atoms with Gasteiger partial charge in [-0.3, -0.25) is 10.1 Å². The molecule has 1 amide bonds. The number of hydrogen-bond acceptors (Lipinski definition) is 5. The van der Waals surface area contributed by atoms with Gasteiger partial charge in [0, 0.05) is 12.5 Å². The van der Waals surface area contributed by atoms with Gasteiger partial charge in [0.05, 0.1) is 6.26 Å². The average molecular weight is 277 g/mol. The number of carbonyl (C=O) groups excluding carboxylic acids is 1. The molecule has 0 aliphatic rings. The number of aromatic nitrogens is 2. The zero-order valence-electron chi connectivity index (χ0n) is 10.8. The van der Waals surface area contributed by atoms with Gasteiger partial charge in [0.15, 0.2) is 0 Å². The van der Waals surface area contributed by atoms with E-state index in [4.69, 9.17) is 4.42 Å². The van der Waals surface area contributed by atoms with Crippen LogP contribution in [0.5, 0.6) is 0 Å². The fourth-order valence-corrected chi connectivity index (χ4v) is 2.38. The fourth-order valence-electron chi connectivity index (χ4n) is 1.43. The minimum atomic E-state index is -0.247. The Hall–Kier alpha value is -1.95. The zero-order chi connectivity index (χ0) is 13.7. The van der Waals surface area contributed by atoms with Crippen molar-refractivity contribution < 1.29 is 9.21 Å². The Balaban J connectivity index is 1.90. The van der Waals surface area contributed by atoms with Crippen LogP contribution < -0.4 is 5.32 Å². The van der Waals surface area contributed by atoms with Crippen molar-refractivity contribution in [1.82, 2.24) is 10.2 Å². The molecule has 5 nitrogen and oxygen atoms in total. The smallest absolute Gasteiger partial charge is 0.250 e. The maximum absolute atomic E-state index is 11.6. The number of hydrogen-bond donors (Lipinski definition) is 1. The van der Waals surface area contributed by atoms with Crippen LogP contribution in [-0.4, -0.2) is 16.1 Å². The second kappa shape index (κ2) is 6.29. The lowest BCUT2D eigenvalue weighted by atomic mass is 10.1. The summed E-state index contributed by atoms with van der Waals surface area (Å²) >= 11 is 1.40. The fraction of sp³-hybridized carbons (Fsp3) is 0.308. The zero-order valence-corrected chi connectivity index (χ0v) is 11.6. The summed E-state index contributed by atoms with van der Waals surface area (Å²) in [5, 5.41) is 12.1. The first-order chi connectivity index (χ1) is 9.13. The second-order valence-corrected chi connectivity index (χ2v) is 5.50. The maximum Gasteiger partial charge on any atom is 0.250 e. The van der Waals surface area contributed by atoms with Gasteiger partial charge in [0.25, 0.3) is 0 Å². The van der Waals surface area contributed by atoms with Gasteiger partial charge >= 0.3 is 0 Å². The summed E-state index contributed by atoms with van der Waals surface area (Å²) in [5.74, 6) is 0.909. The van der Waals surface area contributed by atoms with Gasteiger partial charge in [-0.25, -0.2) is 0 Å². The highest BCUT2D eigenvalue weighted by Gasteiger charge is 2.07. The SMILES string of the molecule is CC(C)Cc1nnc(NC(=O)/C=C/c2ccco2)s1. The summed E-state index contributed by atoms with van der Waals surface area (Å²) in [5.41, 5.74) is 0. The number of rotatable bonds is 5. The molecule has 2 rings (SSSR count). The topological polar surface area (TPSA) is 68.0 Å². The van der Waals surface area contributed by atoms with Crippen LogP contribution in [0.2, 0.25) is 0 Å². The van der Waals surface area contributed by atoms with E-state index in [0.717, 1.165) is 11.4 Å². The molecule has 19 heavy (non-hydrogen) atoms. The Bertz CT molecular complexity index is 558. The number of furan rings is 1. The van der Waals surface area contributed by atoms with Crippen molar-refractivity contribution in [1.29, 1.82) is 0 Å².